The van der Waals surface area contributed by atoms with Crippen LogP contribution >= 0.6 is 0 Å². The monoisotopic (exact) mass is 255 g/mol. The van der Waals surface area contributed by atoms with Gasteiger partial charge in [-0.25, -0.2) is 4.79 Å². The van der Waals surface area contributed by atoms with Gasteiger partial charge in [0.2, 0.25) is 0 Å². The Morgan fingerprint density at radius 3 is 3.00 bits per heavy atom. The minimum atomic E-state index is -0.0974. The topological polar surface area (TPSA) is 29.5 Å². The number of hydrogen-bond acceptors (Lipinski definition) is 3. The number of carbonyl (C=O) groups excluding carboxylic acids is 1. The van der Waals surface area contributed by atoms with Crippen molar-refractivity contribution in [2.75, 3.05) is 6.54 Å². The van der Waals surface area contributed by atoms with Gasteiger partial charge in [0.1, 0.15) is 6.10 Å². The molecule has 2 atom stereocenters. The van der Waals surface area contributed by atoms with Gasteiger partial charge in [-0.15, -0.1) is 0 Å². The summed E-state index contributed by atoms with van der Waals surface area (Å²) in [5.41, 5.74) is 4.97. The zero-order chi connectivity index (χ0) is 13.0. The Morgan fingerprint density at radius 1 is 1.26 bits per heavy atom. The lowest BCUT2D eigenvalue weighted by Crippen LogP contribution is -2.39. The van der Waals surface area contributed by atoms with E-state index < -0.39 is 0 Å². The highest BCUT2D eigenvalue weighted by atomic mass is 16.5. The number of rotatable bonds is 0. The molecule has 0 aromatic heterocycles. The third kappa shape index (κ3) is 1.47. The molecule has 3 nitrogen and oxygen atoms in total. The van der Waals surface area contributed by atoms with Crippen molar-refractivity contribution in [3.8, 4) is 0 Å². The quantitative estimate of drug-likeness (QED) is 0.667. The van der Waals surface area contributed by atoms with E-state index in [9.17, 15) is 4.79 Å². The van der Waals surface area contributed by atoms with Crippen LogP contribution in [0.2, 0.25) is 0 Å². The van der Waals surface area contributed by atoms with E-state index in [1.54, 1.807) is 0 Å². The molecule has 98 valence electrons. The second-order valence-electron chi connectivity index (χ2n) is 5.61. The fourth-order valence-corrected chi connectivity index (χ4v) is 3.81. The van der Waals surface area contributed by atoms with Crippen LogP contribution < -0.4 is 0 Å². The standard InChI is InChI=1S/C16H17NO2/c1-10-15-13(16(18)19-10)6-7-14-12-5-3-2-4-11(12)8-9-17(14)15/h2-5,10,14H,6-9H2,1H3/t10-,14-/m0/s1. The van der Waals surface area contributed by atoms with Crippen molar-refractivity contribution in [2.45, 2.75) is 38.3 Å². The van der Waals surface area contributed by atoms with Crippen molar-refractivity contribution in [3.05, 3.63) is 46.7 Å². The number of ether oxygens (including phenoxy) is 1. The second-order valence-corrected chi connectivity index (χ2v) is 5.61. The molecular weight excluding hydrogens is 238 g/mol. The first-order valence-corrected chi connectivity index (χ1v) is 7.04. The highest BCUT2D eigenvalue weighted by molar-refractivity contribution is 5.92. The van der Waals surface area contributed by atoms with Crippen LogP contribution in [-0.4, -0.2) is 23.5 Å². The normalized spacial score (nSPS) is 28.7. The summed E-state index contributed by atoms with van der Waals surface area (Å²) in [6.07, 6.45) is 2.87. The molecule has 0 saturated heterocycles. The molecule has 0 aliphatic carbocycles. The molecule has 4 rings (SSSR count). The van der Waals surface area contributed by atoms with Crippen molar-refractivity contribution in [1.29, 1.82) is 0 Å². The molecule has 0 bridgehead atoms. The summed E-state index contributed by atoms with van der Waals surface area (Å²) in [6, 6.07) is 9.13. The number of benzene rings is 1. The summed E-state index contributed by atoms with van der Waals surface area (Å²) in [4.78, 5) is 14.2. The predicted octanol–water partition coefficient (Wildman–Crippen LogP) is 2.58. The van der Waals surface area contributed by atoms with E-state index in [4.69, 9.17) is 4.74 Å². The van der Waals surface area contributed by atoms with Crippen LogP contribution in [0.25, 0.3) is 0 Å². The van der Waals surface area contributed by atoms with E-state index in [-0.39, 0.29) is 12.1 Å². The Kier molecular flexibility index (Phi) is 2.25. The Bertz CT molecular complexity index is 590. The zero-order valence-electron chi connectivity index (χ0n) is 11.1. The fourth-order valence-electron chi connectivity index (χ4n) is 3.81. The van der Waals surface area contributed by atoms with Crippen molar-refractivity contribution in [1.82, 2.24) is 4.90 Å². The van der Waals surface area contributed by atoms with Crippen LogP contribution in [0.4, 0.5) is 0 Å². The summed E-state index contributed by atoms with van der Waals surface area (Å²) in [5, 5.41) is 0. The van der Waals surface area contributed by atoms with E-state index in [2.05, 4.69) is 29.2 Å². The van der Waals surface area contributed by atoms with E-state index >= 15 is 0 Å². The van der Waals surface area contributed by atoms with Gasteiger partial charge in [-0.05, 0) is 37.3 Å². The third-order valence-corrected chi connectivity index (χ3v) is 4.61. The first kappa shape index (κ1) is 11.1. The van der Waals surface area contributed by atoms with Crippen molar-refractivity contribution in [2.24, 2.45) is 0 Å². The molecule has 3 aliphatic rings. The van der Waals surface area contributed by atoms with Gasteiger partial charge in [-0.1, -0.05) is 24.3 Å². The molecule has 0 amide bonds. The SMILES string of the molecule is C[C@@H]1OC(=O)C2=C1N1CCc3ccccc3[C@@H]1CC2. The molecule has 3 heterocycles. The minimum absolute atomic E-state index is 0.0736. The maximum atomic E-state index is 11.8. The van der Waals surface area contributed by atoms with Gasteiger partial charge in [0, 0.05) is 6.54 Å². The molecule has 19 heavy (non-hydrogen) atoms. The van der Waals surface area contributed by atoms with Crippen molar-refractivity contribution >= 4 is 5.97 Å². The molecule has 0 N–H and O–H groups in total. The Labute approximate surface area is 112 Å². The zero-order valence-corrected chi connectivity index (χ0v) is 11.1. The van der Waals surface area contributed by atoms with Crippen LogP contribution in [0.5, 0.6) is 0 Å². The van der Waals surface area contributed by atoms with Gasteiger partial charge in [-0.3, -0.25) is 0 Å². The molecule has 1 aromatic rings. The second kappa shape index (κ2) is 3.86. The lowest BCUT2D eigenvalue weighted by molar-refractivity contribution is -0.139. The molecule has 1 aromatic carbocycles. The van der Waals surface area contributed by atoms with Crippen molar-refractivity contribution < 1.29 is 9.53 Å². The molecule has 0 saturated carbocycles. The highest BCUT2D eigenvalue weighted by Crippen LogP contribution is 2.44. The lowest BCUT2D eigenvalue weighted by atomic mass is 9.85. The third-order valence-electron chi connectivity index (χ3n) is 4.61. The molecule has 0 unspecified atom stereocenters. The van der Waals surface area contributed by atoms with Crippen molar-refractivity contribution in [3.63, 3.8) is 0 Å². The molecule has 0 radical (unpaired) electrons. The Balaban J connectivity index is 1.80. The van der Waals surface area contributed by atoms with Crippen LogP contribution in [-0.2, 0) is 16.0 Å². The van der Waals surface area contributed by atoms with Gasteiger partial charge in [0.25, 0.3) is 0 Å². The van der Waals surface area contributed by atoms with Gasteiger partial charge >= 0.3 is 5.97 Å². The van der Waals surface area contributed by atoms with E-state index in [1.807, 2.05) is 6.92 Å². The van der Waals surface area contributed by atoms with Crippen LogP contribution in [0.15, 0.2) is 35.5 Å². The average molecular weight is 255 g/mol. The minimum Gasteiger partial charge on any atom is -0.453 e. The fraction of sp³-hybridized carbons (Fsp3) is 0.438. The van der Waals surface area contributed by atoms with Gasteiger partial charge in [-0.2, -0.15) is 0 Å². The maximum absolute atomic E-state index is 11.8. The Morgan fingerprint density at radius 2 is 2.11 bits per heavy atom. The number of fused-ring (bicyclic) bond motifs is 4. The smallest absolute Gasteiger partial charge is 0.336 e. The lowest BCUT2D eigenvalue weighted by Gasteiger charge is -2.43. The number of hydrogen-bond donors (Lipinski definition) is 0. The summed E-state index contributed by atoms with van der Waals surface area (Å²) in [7, 11) is 0. The number of cyclic esters (lactones) is 1. The molecule has 3 aliphatic heterocycles. The molecule has 0 fully saturated rings. The van der Waals surface area contributed by atoms with E-state index in [0.717, 1.165) is 37.1 Å². The molecule has 0 spiro atoms. The largest absolute Gasteiger partial charge is 0.453 e. The van der Waals surface area contributed by atoms with Gasteiger partial charge in [0.15, 0.2) is 0 Å². The van der Waals surface area contributed by atoms with Crippen LogP contribution in [0.1, 0.15) is 36.9 Å². The highest BCUT2D eigenvalue weighted by Gasteiger charge is 2.42. The Hall–Kier alpha value is -1.77. The predicted molar refractivity (Wildman–Crippen MR) is 71.4 cm³/mol. The summed E-state index contributed by atoms with van der Waals surface area (Å²) >= 11 is 0. The molecule has 3 heteroatoms. The first-order chi connectivity index (χ1) is 9.25. The van der Waals surface area contributed by atoms with Gasteiger partial charge < -0.3 is 9.64 Å². The van der Waals surface area contributed by atoms with Crippen LogP contribution in [0.3, 0.4) is 0 Å². The average Bonchev–Trinajstić information content (AvgIpc) is 2.74. The van der Waals surface area contributed by atoms with Crippen LogP contribution in [0, 0.1) is 0 Å². The summed E-state index contributed by atoms with van der Waals surface area (Å²) in [5.74, 6) is -0.0974. The summed E-state index contributed by atoms with van der Waals surface area (Å²) < 4.78 is 5.39. The van der Waals surface area contributed by atoms with E-state index in [1.165, 1.54) is 11.1 Å². The molecular formula is C16H17NO2. The van der Waals surface area contributed by atoms with Gasteiger partial charge in [0.05, 0.1) is 17.3 Å². The first-order valence-electron chi connectivity index (χ1n) is 7.04. The number of esters is 1. The van der Waals surface area contributed by atoms with E-state index in [0.29, 0.717) is 6.04 Å². The number of nitrogens with zero attached hydrogens (tertiary/aromatic N) is 1. The number of carbonyl (C=O) groups is 1. The summed E-state index contributed by atoms with van der Waals surface area (Å²) in [6.45, 7) is 2.99. The maximum Gasteiger partial charge on any atom is 0.336 e.